The van der Waals surface area contributed by atoms with Crippen LogP contribution in [0.4, 0.5) is 0 Å². The SMILES string of the molecule is COc1cc(C=Nn2c(-c3ccccc3)nc3ccccc3c2=O)cc(Cl)c1OCc1ccc(Cl)cc1Cl. The van der Waals surface area contributed by atoms with Gasteiger partial charge in [0.05, 0.1) is 29.2 Å². The molecule has 0 radical (unpaired) electrons. The van der Waals surface area contributed by atoms with Gasteiger partial charge in [-0.2, -0.15) is 9.78 Å². The maximum Gasteiger partial charge on any atom is 0.282 e. The number of benzene rings is 4. The number of fused-ring (bicyclic) bond motifs is 1. The van der Waals surface area contributed by atoms with E-state index in [9.17, 15) is 4.79 Å². The highest BCUT2D eigenvalue weighted by atomic mass is 35.5. The van der Waals surface area contributed by atoms with E-state index in [2.05, 4.69) is 5.10 Å². The summed E-state index contributed by atoms with van der Waals surface area (Å²) in [6.07, 6.45) is 1.53. The van der Waals surface area contributed by atoms with Crippen LogP contribution in [-0.2, 0) is 6.61 Å². The fourth-order valence-corrected chi connectivity index (χ4v) is 4.61. The second-order valence-electron chi connectivity index (χ2n) is 8.24. The Balaban J connectivity index is 1.51. The standard InChI is InChI=1S/C29H20Cl3N3O3/c1-37-26-14-18(13-24(32)27(26)38-17-20-11-12-21(30)15-23(20)31)16-33-35-28(19-7-3-2-4-8-19)34-25-10-6-5-9-22(25)29(35)36/h2-16H,17H2,1H3. The van der Waals surface area contributed by atoms with Crippen LogP contribution in [0.3, 0.4) is 0 Å². The molecule has 0 spiro atoms. The maximum atomic E-state index is 13.4. The first-order valence-corrected chi connectivity index (χ1v) is 12.6. The molecular weight excluding hydrogens is 545 g/mol. The number of para-hydroxylation sites is 1. The Morgan fingerprint density at radius 1 is 0.921 bits per heavy atom. The Labute approximate surface area is 233 Å². The van der Waals surface area contributed by atoms with Gasteiger partial charge in [-0.15, -0.1) is 0 Å². The van der Waals surface area contributed by atoms with Gasteiger partial charge in [-0.1, -0.05) is 83.3 Å². The summed E-state index contributed by atoms with van der Waals surface area (Å²) in [5, 5.41) is 6.29. The van der Waals surface area contributed by atoms with Crippen LogP contribution in [0.15, 0.2) is 94.8 Å². The van der Waals surface area contributed by atoms with Crippen LogP contribution in [0.1, 0.15) is 11.1 Å². The van der Waals surface area contributed by atoms with Gasteiger partial charge >= 0.3 is 0 Å². The summed E-state index contributed by atoms with van der Waals surface area (Å²) in [7, 11) is 1.51. The fraction of sp³-hybridized carbons (Fsp3) is 0.0690. The van der Waals surface area contributed by atoms with Crippen molar-refractivity contribution in [1.29, 1.82) is 0 Å². The zero-order valence-electron chi connectivity index (χ0n) is 20.1. The average Bonchev–Trinajstić information content (AvgIpc) is 2.93. The minimum absolute atomic E-state index is 0.165. The molecular formula is C29H20Cl3N3O3. The fourth-order valence-electron chi connectivity index (χ4n) is 3.87. The largest absolute Gasteiger partial charge is 0.493 e. The molecule has 6 nitrogen and oxygen atoms in total. The second-order valence-corrected chi connectivity index (χ2v) is 9.49. The molecule has 5 aromatic rings. The number of methoxy groups -OCH3 is 1. The summed E-state index contributed by atoms with van der Waals surface area (Å²) in [6, 6.07) is 25.1. The minimum Gasteiger partial charge on any atom is -0.493 e. The van der Waals surface area contributed by atoms with Gasteiger partial charge in [-0.3, -0.25) is 4.79 Å². The molecule has 0 aliphatic rings. The van der Waals surface area contributed by atoms with Gasteiger partial charge in [-0.05, 0) is 42.0 Å². The predicted octanol–water partition coefficient (Wildman–Crippen LogP) is 7.49. The highest BCUT2D eigenvalue weighted by molar-refractivity contribution is 6.35. The third kappa shape index (κ3) is 5.38. The third-order valence-electron chi connectivity index (χ3n) is 5.75. The third-order valence-corrected chi connectivity index (χ3v) is 6.61. The Hall–Kier alpha value is -3.84. The summed E-state index contributed by atoms with van der Waals surface area (Å²) in [4.78, 5) is 18.1. The van der Waals surface area contributed by atoms with E-state index in [1.807, 2.05) is 36.4 Å². The van der Waals surface area contributed by atoms with Crippen molar-refractivity contribution >= 4 is 51.9 Å². The van der Waals surface area contributed by atoms with E-state index in [4.69, 9.17) is 49.3 Å². The van der Waals surface area contributed by atoms with Crippen LogP contribution in [0.2, 0.25) is 15.1 Å². The highest BCUT2D eigenvalue weighted by Crippen LogP contribution is 2.37. The Kier molecular flexibility index (Phi) is 7.65. The summed E-state index contributed by atoms with van der Waals surface area (Å²) in [5.41, 5.74) is 2.41. The molecule has 0 bridgehead atoms. The Morgan fingerprint density at radius 2 is 1.68 bits per heavy atom. The lowest BCUT2D eigenvalue weighted by Crippen LogP contribution is -2.20. The molecule has 0 amide bonds. The number of nitrogens with zero attached hydrogens (tertiary/aromatic N) is 3. The summed E-state index contributed by atoms with van der Waals surface area (Å²) in [6.45, 7) is 0.165. The van der Waals surface area contributed by atoms with E-state index >= 15 is 0 Å². The van der Waals surface area contributed by atoms with Crippen molar-refractivity contribution in [3.8, 4) is 22.9 Å². The molecule has 9 heteroatoms. The molecule has 5 rings (SSSR count). The molecule has 0 saturated carbocycles. The number of rotatable bonds is 7. The van der Waals surface area contributed by atoms with Crippen molar-refractivity contribution in [1.82, 2.24) is 9.66 Å². The molecule has 0 atom stereocenters. The normalized spacial score (nSPS) is 11.3. The molecule has 0 unspecified atom stereocenters. The van der Waals surface area contributed by atoms with Crippen LogP contribution in [-0.4, -0.2) is 23.0 Å². The van der Waals surface area contributed by atoms with E-state index in [1.54, 1.807) is 48.5 Å². The van der Waals surface area contributed by atoms with Gasteiger partial charge in [0.1, 0.15) is 6.61 Å². The first-order chi connectivity index (χ1) is 18.4. The van der Waals surface area contributed by atoms with E-state index in [0.717, 1.165) is 11.1 Å². The van der Waals surface area contributed by atoms with Gasteiger partial charge in [-0.25, -0.2) is 4.98 Å². The molecule has 0 saturated heterocycles. The lowest BCUT2D eigenvalue weighted by molar-refractivity contribution is 0.285. The number of hydrogen-bond acceptors (Lipinski definition) is 5. The van der Waals surface area contributed by atoms with Crippen molar-refractivity contribution in [2.24, 2.45) is 5.10 Å². The van der Waals surface area contributed by atoms with Crippen LogP contribution >= 0.6 is 34.8 Å². The Bertz CT molecular complexity index is 1720. The smallest absolute Gasteiger partial charge is 0.282 e. The molecule has 0 fully saturated rings. The summed E-state index contributed by atoms with van der Waals surface area (Å²) >= 11 is 18.8. The highest BCUT2D eigenvalue weighted by Gasteiger charge is 2.15. The lowest BCUT2D eigenvalue weighted by Gasteiger charge is -2.14. The van der Waals surface area contributed by atoms with Crippen LogP contribution < -0.4 is 15.0 Å². The van der Waals surface area contributed by atoms with Gasteiger partial charge in [0.15, 0.2) is 17.3 Å². The van der Waals surface area contributed by atoms with Crippen molar-refractivity contribution in [3.05, 3.63) is 121 Å². The van der Waals surface area contributed by atoms with E-state index in [0.29, 0.717) is 48.9 Å². The number of ether oxygens (including phenoxy) is 2. The van der Waals surface area contributed by atoms with Gasteiger partial charge in [0.25, 0.3) is 5.56 Å². The molecule has 1 aromatic heterocycles. The quantitative estimate of drug-likeness (QED) is 0.192. The maximum absolute atomic E-state index is 13.4. The van der Waals surface area contributed by atoms with Gasteiger partial charge in [0, 0.05) is 21.2 Å². The van der Waals surface area contributed by atoms with Crippen LogP contribution in [0, 0.1) is 0 Å². The Morgan fingerprint density at radius 3 is 2.45 bits per heavy atom. The molecule has 190 valence electrons. The van der Waals surface area contributed by atoms with E-state index in [-0.39, 0.29) is 12.2 Å². The summed E-state index contributed by atoms with van der Waals surface area (Å²) < 4.78 is 12.7. The number of hydrogen-bond donors (Lipinski definition) is 0. The van der Waals surface area contributed by atoms with Gasteiger partial charge in [0.2, 0.25) is 0 Å². The topological polar surface area (TPSA) is 65.7 Å². The first-order valence-electron chi connectivity index (χ1n) is 11.5. The van der Waals surface area contributed by atoms with E-state index < -0.39 is 0 Å². The predicted molar refractivity (Wildman–Crippen MR) is 153 cm³/mol. The zero-order valence-corrected chi connectivity index (χ0v) is 22.3. The molecule has 0 aliphatic carbocycles. The van der Waals surface area contributed by atoms with Crippen molar-refractivity contribution in [2.45, 2.75) is 6.61 Å². The second kappa shape index (κ2) is 11.3. The molecule has 0 N–H and O–H groups in total. The molecule has 0 aliphatic heterocycles. The average molecular weight is 565 g/mol. The minimum atomic E-state index is -0.288. The molecule has 4 aromatic carbocycles. The van der Waals surface area contributed by atoms with Crippen molar-refractivity contribution in [2.75, 3.05) is 7.11 Å². The molecule has 1 heterocycles. The molecule has 38 heavy (non-hydrogen) atoms. The summed E-state index contributed by atoms with van der Waals surface area (Å²) in [5.74, 6) is 1.17. The van der Waals surface area contributed by atoms with Crippen LogP contribution in [0.5, 0.6) is 11.5 Å². The first kappa shape index (κ1) is 25.8. The van der Waals surface area contributed by atoms with Crippen molar-refractivity contribution in [3.63, 3.8) is 0 Å². The zero-order chi connectivity index (χ0) is 26.6. The van der Waals surface area contributed by atoms with Gasteiger partial charge < -0.3 is 9.47 Å². The number of aromatic nitrogens is 2. The number of halogens is 3. The van der Waals surface area contributed by atoms with E-state index in [1.165, 1.54) is 18.0 Å². The monoisotopic (exact) mass is 563 g/mol. The van der Waals surface area contributed by atoms with Crippen molar-refractivity contribution < 1.29 is 9.47 Å². The lowest BCUT2D eigenvalue weighted by atomic mass is 10.2. The van der Waals surface area contributed by atoms with Crippen LogP contribution in [0.25, 0.3) is 22.3 Å².